The number of benzene rings is 4. The quantitative estimate of drug-likeness (QED) is 0.0983. The number of nitrogens with two attached hydrogens (primary N) is 2. The third kappa shape index (κ3) is 5.53. The van der Waals surface area contributed by atoms with E-state index in [0.717, 1.165) is 88.4 Å². The van der Waals surface area contributed by atoms with Gasteiger partial charge in [0.2, 0.25) is 0 Å². The van der Waals surface area contributed by atoms with Gasteiger partial charge in [-0.25, -0.2) is 0 Å². The Kier molecular flexibility index (Phi) is 8.72. The smallest absolute Gasteiger partial charge is 0.138 e. The Morgan fingerprint density at radius 1 is 0.429 bits per heavy atom. The summed E-state index contributed by atoms with van der Waals surface area (Å²) in [6, 6.07) is 29.3. The second-order valence-electron chi connectivity index (χ2n) is 27.9. The third-order valence-electron chi connectivity index (χ3n) is 24.6. The van der Waals surface area contributed by atoms with Crippen LogP contribution >= 0.6 is 0 Å². The first kappa shape index (κ1) is 42.2. The van der Waals surface area contributed by atoms with E-state index in [2.05, 4.69) is 48.5 Å². The van der Waals surface area contributed by atoms with Crippen LogP contribution < -0.4 is 20.9 Å². The third-order valence-corrected chi connectivity index (χ3v) is 24.6. The van der Waals surface area contributed by atoms with Gasteiger partial charge in [0.05, 0.1) is 11.4 Å². The minimum atomic E-state index is -0.402. The second kappa shape index (κ2) is 14.5. The topological polar surface area (TPSA) is 111 Å². The summed E-state index contributed by atoms with van der Waals surface area (Å²) in [5.41, 5.74) is 17.0. The number of anilines is 2. The van der Waals surface area contributed by atoms with Gasteiger partial charge in [-0.15, -0.1) is 0 Å². The van der Waals surface area contributed by atoms with E-state index >= 15 is 0 Å². The summed E-state index contributed by atoms with van der Waals surface area (Å²) in [6.07, 6.45) is 30.7. The molecule has 0 aromatic heterocycles. The summed E-state index contributed by atoms with van der Waals surface area (Å²) in [7, 11) is 0. The van der Waals surface area contributed by atoms with Crippen molar-refractivity contribution in [1.29, 1.82) is 0 Å². The highest BCUT2D eigenvalue weighted by Crippen LogP contribution is 2.88. The fourth-order valence-electron chi connectivity index (χ4n) is 25.1. The maximum Gasteiger partial charge on any atom is 0.138 e. The van der Waals surface area contributed by atoms with Crippen molar-refractivity contribution in [3.8, 4) is 34.5 Å². The molecule has 0 saturated heterocycles. The number of phenols is 2. The van der Waals surface area contributed by atoms with E-state index in [1.54, 1.807) is 63.5 Å². The van der Waals surface area contributed by atoms with Crippen LogP contribution in [0.2, 0.25) is 0 Å². The molecule has 6 nitrogen and oxygen atoms in total. The molecule has 16 saturated carbocycles. The molecule has 0 spiro atoms. The van der Waals surface area contributed by atoms with Crippen molar-refractivity contribution < 1.29 is 19.7 Å². The molecule has 4 aromatic carbocycles. The average molecular weight is 937 g/mol. The first-order chi connectivity index (χ1) is 34.0. The van der Waals surface area contributed by atoms with E-state index in [0.29, 0.717) is 39.6 Å². The Morgan fingerprint density at radius 3 is 1.31 bits per heavy atom. The molecule has 70 heavy (non-hydrogen) atoms. The van der Waals surface area contributed by atoms with Crippen LogP contribution in [-0.4, -0.2) is 10.2 Å². The zero-order chi connectivity index (χ0) is 46.5. The van der Waals surface area contributed by atoms with Crippen LogP contribution in [0.15, 0.2) is 84.9 Å². The Hall–Kier alpha value is -4.32. The van der Waals surface area contributed by atoms with E-state index in [-0.39, 0.29) is 22.3 Å². The molecule has 8 unspecified atom stereocenters. The second-order valence-corrected chi connectivity index (χ2v) is 27.9. The molecule has 16 aliphatic carbocycles. The molecular formula is C64H76N2O4. The number of hydrogen-bond donors (Lipinski definition) is 4. The summed E-state index contributed by atoms with van der Waals surface area (Å²) in [4.78, 5) is 0. The highest BCUT2D eigenvalue weighted by Gasteiger charge is 2.81. The number of para-hydroxylation sites is 2. The minimum absolute atomic E-state index is 0.00826. The number of hydrogen-bond acceptors (Lipinski definition) is 6. The fraction of sp³-hybridized carbons (Fsp3) is 0.625. The van der Waals surface area contributed by atoms with Gasteiger partial charge in [-0.1, -0.05) is 36.4 Å². The zero-order valence-corrected chi connectivity index (χ0v) is 41.4. The largest absolute Gasteiger partial charge is 0.506 e. The van der Waals surface area contributed by atoms with Gasteiger partial charge in [-0.2, -0.15) is 0 Å². The molecule has 8 atom stereocenters. The molecule has 16 bridgehead atoms. The van der Waals surface area contributed by atoms with Crippen molar-refractivity contribution in [1.82, 2.24) is 0 Å². The Labute approximate surface area is 416 Å². The lowest BCUT2D eigenvalue weighted by atomic mass is 9.21. The lowest BCUT2D eigenvalue weighted by Gasteiger charge is -2.82. The van der Waals surface area contributed by atoms with Gasteiger partial charge in [0.25, 0.3) is 0 Å². The molecule has 0 radical (unpaired) electrons. The van der Waals surface area contributed by atoms with Crippen LogP contribution in [0.1, 0.15) is 146 Å². The summed E-state index contributed by atoms with van der Waals surface area (Å²) < 4.78 is 14.6. The molecule has 366 valence electrons. The van der Waals surface area contributed by atoms with E-state index in [1.165, 1.54) is 94.6 Å². The maximum absolute atomic E-state index is 10.6. The SMILES string of the molecule is Nc1cc(Oc2ccccc2C2(c3ccccc3Oc3ccc(O)c(N)c3)C3CC4CC(C3)CC2(C23CC5CC(CC(C5)C2C25CC6CC(CC(C6)C2C26CC7CC(CC(C7)C2)C6)C5)C3)C4)ccc1O. The van der Waals surface area contributed by atoms with E-state index < -0.39 is 5.41 Å². The van der Waals surface area contributed by atoms with E-state index in [1.807, 2.05) is 24.3 Å². The minimum Gasteiger partial charge on any atom is -0.506 e. The molecule has 20 rings (SSSR count). The van der Waals surface area contributed by atoms with E-state index in [4.69, 9.17) is 20.9 Å². The van der Waals surface area contributed by atoms with Crippen LogP contribution in [0.25, 0.3) is 0 Å². The molecule has 6 N–H and O–H groups in total. The van der Waals surface area contributed by atoms with Crippen LogP contribution in [0.3, 0.4) is 0 Å². The zero-order valence-electron chi connectivity index (χ0n) is 41.4. The Balaban J connectivity index is 0.962. The van der Waals surface area contributed by atoms with Gasteiger partial charge in [0.1, 0.15) is 34.5 Å². The summed E-state index contributed by atoms with van der Waals surface area (Å²) in [6.45, 7) is 0. The molecule has 16 aliphatic rings. The van der Waals surface area contributed by atoms with Crippen molar-refractivity contribution in [2.45, 2.75) is 140 Å². The summed E-state index contributed by atoms with van der Waals surface area (Å²) in [5, 5.41) is 21.3. The maximum atomic E-state index is 10.6. The lowest BCUT2D eigenvalue weighted by Crippen LogP contribution is -2.76. The average Bonchev–Trinajstić information content (AvgIpc) is 3.32. The Bertz CT molecular complexity index is 2620. The number of phenolic OH excluding ortho intramolecular Hbond substituents is 2. The number of aromatic hydroxyl groups is 2. The van der Waals surface area contributed by atoms with Crippen LogP contribution in [-0.2, 0) is 5.41 Å². The van der Waals surface area contributed by atoms with Gasteiger partial charge in [0.15, 0.2) is 0 Å². The van der Waals surface area contributed by atoms with E-state index in [9.17, 15) is 10.2 Å². The molecule has 4 aromatic rings. The van der Waals surface area contributed by atoms with Gasteiger partial charge < -0.3 is 31.2 Å². The van der Waals surface area contributed by atoms with Crippen LogP contribution in [0.4, 0.5) is 11.4 Å². The van der Waals surface area contributed by atoms with Crippen molar-refractivity contribution in [2.75, 3.05) is 11.5 Å². The number of nitrogen functional groups attached to an aromatic ring is 2. The van der Waals surface area contributed by atoms with Gasteiger partial charge in [-0.05, 0) is 276 Å². The number of rotatable bonds is 9. The van der Waals surface area contributed by atoms with Crippen molar-refractivity contribution >= 4 is 11.4 Å². The molecule has 6 heteroatoms. The van der Waals surface area contributed by atoms with Crippen molar-refractivity contribution in [3.05, 3.63) is 96.1 Å². The highest BCUT2D eigenvalue weighted by molar-refractivity contribution is 5.62. The monoisotopic (exact) mass is 937 g/mol. The van der Waals surface area contributed by atoms with Gasteiger partial charge >= 0.3 is 0 Å². The first-order valence-corrected chi connectivity index (χ1v) is 28.7. The van der Waals surface area contributed by atoms with Crippen LogP contribution in [0, 0.1) is 105 Å². The molecule has 16 fully saturated rings. The summed E-state index contributed by atoms with van der Waals surface area (Å²) in [5.74, 6) is 15.2. The van der Waals surface area contributed by atoms with Crippen molar-refractivity contribution in [3.63, 3.8) is 0 Å². The predicted octanol–water partition coefficient (Wildman–Crippen LogP) is 15.1. The highest BCUT2D eigenvalue weighted by atomic mass is 16.5. The van der Waals surface area contributed by atoms with Crippen molar-refractivity contribution in [2.24, 2.45) is 105 Å². The molecule has 0 aliphatic heterocycles. The normalized spacial score (nSPS) is 45.7. The van der Waals surface area contributed by atoms with Gasteiger partial charge in [0, 0.05) is 28.7 Å². The van der Waals surface area contributed by atoms with Gasteiger partial charge in [-0.3, -0.25) is 0 Å². The Morgan fingerprint density at radius 2 is 0.843 bits per heavy atom. The summed E-state index contributed by atoms with van der Waals surface area (Å²) >= 11 is 0. The molecule has 0 heterocycles. The lowest BCUT2D eigenvalue weighted by molar-refractivity contribution is -0.321. The standard InChI is InChI=1S/C64H76N2O4/c65-52-25-48(9-11-54(52)67)69-56-7-3-1-5-50(56)64(51-6-2-4-8-57(51)70-49-10-12-55(68)53(66)26-49)47-23-43-18-44(24-47)35-63(64,34-43)62-32-41-17-42(33-62)22-46(21-41)59(62)61-30-39-16-40(31-61)20-45(19-39)58(61)60-27-36-13-37(28-60)15-38(14-36)29-60/h1-12,25-26,36-47,58-59,67-68H,13-24,27-35,65-66H2. The molecular weight excluding hydrogens is 861 g/mol. The first-order valence-electron chi connectivity index (χ1n) is 28.7. The predicted molar refractivity (Wildman–Crippen MR) is 274 cm³/mol. The number of ether oxygens (including phenoxy) is 2. The fourth-order valence-corrected chi connectivity index (χ4v) is 25.1. The van der Waals surface area contributed by atoms with Crippen LogP contribution in [0.5, 0.6) is 34.5 Å². The molecule has 0 amide bonds.